The van der Waals surface area contributed by atoms with Gasteiger partial charge in [0.05, 0.1) is 12.0 Å². The van der Waals surface area contributed by atoms with Crippen molar-refractivity contribution >= 4 is 11.5 Å². The Morgan fingerprint density at radius 1 is 1.14 bits per heavy atom. The number of nitrogens with zero attached hydrogens (tertiary/aromatic N) is 5. The summed E-state index contributed by atoms with van der Waals surface area (Å²) in [7, 11) is 0. The van der Waals surface area contributed by atoms with Gasteiger partial charge in [-0.05, 0) is 32.6 Å². The number of hydrogen-bond acceptors (Lipinski definition) is 4. The fourth-order valence-electron chi connectivity index (χ4n) is 3.92. The van der Waals surface area contributed by atoms with E-state index in [1.165, 1.54) is 23.2 Å². The van der Waals surface area contributed by atoms with Gasteiger partial charge in [-0.3, -0.25) is 0 Å². The zero-order chi connectivity index (χ0) is 18.9. The molecular formula is C22H24N6. The molecule has 142 valence electrons. The van der Waals surface area contributed by atoms with Gasteiger partial charge in [0.25, 0.3) is 0 Å². The number of anilines is 1. The third-order valence-electron chi connectivity index (χ3n) is 5.42. The number of aryl methyl sites for hydroxylation is 3. The standard InChI is InChI=1S/C22H24N6/c1-16-6-8-17(9-7-16)20-14-21-25-19-5-2-4-18(19)22(28(21)26-20)24-10-3-12-27-13-11-23-15-27/h6-9,11,13-15,24H,2-5,10,12H2,1H3. The highest BCUT2D eigenvalue weighted by atomic mass is 15.3. The first-order valence-electron chi connectivity index (χ1n) is 9.96. The SMILES string of the molecule is Cc1ccc(-c2cc3nc4c(c(NCCCn5ccnc5)n3n2)CCC4)cc1. The Hall–Kier alpha value is -3.15. The minimum Gasteiger partial charge on any atom is -0.370 e. The maximum absolute atomic E-state index is 4.90. The number of imidazole rings is 1. The molecule has 28 heavy (non-hydrogen) atoms. The molecule has 1 N–H and O–H groups in total. The first-order chi connectivity index (χ1) is 13.8. The van der Waals surface area contributed by atoms with E-state index >= 15 is 0 Å². The maximum Gasteiger partial charge on any atom is 0.158 e. The second-order valence-electron chi connectivity index (χ2n) is 7.49. The Labute approximate surface area is 164 Å². The van der Waals surface area contributed by atoms with Crippen molar-refractivity contribution in [3.05, 3.63) is 65.9 Å². The molecule has 0 bridgehead atoms. The van der Waals surface area contributed by atoms with E-state index in [2.05, 4.69) is 52.1 Å². The van der Waals surface area contributed by atoms with Crippen molar-refractivity contribution in [1.82, 2.24) is 24.1 Å². The quantitative estimate of drug-likeness (QED) is 0.522. The number of rotatable bonds is 6. The predicted octanol–water partition coefficient (Wildman–Crippen LogP) is 3.89. The molecule has 0 saturated heterocycles. The van der Waals surface area contributed by atoms with Crippen LogP contribution in [-0.2, 0) is 19.4 Å². The van der Waals surface area contributed by atoms with E-state index in [0.29, 0.717) is 0 Å². The highest BCUT2D eigenvalue weighted by Gasteiger charge is 2.21. The topological polar surface area (TPSA) is 60.0 Å². The largest absolute Gasteiger partial charge is 0.370 e. The highest BCUT2D eigenvalue weighted by molar-refractivity contribution is 5.67. The number of hydrogen-bond donors (Lipinski definition) is 1. The Balaban J connectivity index is 1.45. The molecule has 0 atom stereocenters. The molecule has 0 spiro atoms. The van der Waals surface area contributed by atoms with E-state index in [1.54, 1.807) is 0 Å². The summed E-state index contributed by atoms with van der Waals surface area (Å²) in [4.78, 5) is 9.00. The maximum atomic E-state index is 4.90. The minimum atomic E-state index is 0.892. The molecule has 5 rings (SSSR count). The van der Waals surface area contributed by atoms with Gasteiger partial charge in [-0.25, -0.2) is 9.97 Å². The number of benzene rings is 1. The summed E-state index contributed by atoms with van der Waals surface area (Å²) in [6.07, 6.45) is 10.0. The van der Waals surface area contributed by atoms with Crippen LogP contribution in [0.5, 0.6) is 0 Å². The summed E-state index contributed by atoms with van der Waals surface area (Å²) >= 11 is 0. The van der Waals surface area contributed by atoms with Crippen LogP contribution in [0.2, 0.25) is 0 Å². The molecule has 3 aromatic heterocycles. The van der Waals surface area contributed by atoms with Gasteiger partial charge in [0.15, 0.2) is 5.65 Å². The molecule has 3 heterocycles. The average Bonchev–Trinajstić information content (AvgIpc) is 3.45. The lowest BCUT2D eigenvalue weighted by Gasteiger charge is -2.13. The summed E-state index contributed by atoms with van der Waals surface area (Å²) in [5, 5.41) is 8.55. The monoisotopic (exact) mass is 372 g/mol. The molecule has 6 heteroatoms. The molecule has 0 fully saturated rings. The van der Waals surface area contributed by atoms with Crippen LogP contribution < -0.4 is 5.32 Å². The first-order valence-corrected chi connectivity index (χ1v) is 9.96. The molecule has 0 saturated carbocycles. The number of aromatic nitrogens is 5. The lowest BCUT2D eigenvalue weighted by molar-refractivity contribution is 0.658. The summed E-state index contributed by atoms with van der Waals surface area (Å²) in [6, 6.07) is 10.6. The van der Waals surface area contributed by atoms with Gasteiger partial charge in [0, 0.05) is 48.4 Å². The summed E-state index contributed by atoms with van der Waals surface area (Å²) in [5.41, 5.74) is 6.83. The van der Waals surface area contributed by atoms with Crippen LogP contribution in [0.25, 0.3) is 16.9 Å². The van der Waals surface area contributed by atoms with E-state index in [4.69, 9.17) is 10.1 Å². The third kappa shape index (κ3) is 3.15. The lowest BCUT2D eigenvalue weighted by Crippen LogP contribution is -2.12. The molecule has 0 radical (unpaired) electrons. The van der Waals surface area contributed by atoms with E-state index < -0.39 is 0 Å². The number of nitrogens with one attached hydrogen (secondary N) is 1. The van der Waals surface area contributed by atoms with E-state index in [1.807, 2.05) is 23.2 Å². The average molecular weight is 372 g/mol. The van der Waals surface area contributed by atoms with Crippen LogP contribution >= 0.6 is 0 Å². The summed E-state index contributed by atoms with van der Waals surface area (Å²) < 4.78 is 4.11. The number of fused-ring (bicyclic) bond motifs is 2. The van der Waals surface area contributed by atoms with E-state index in [-0.39, 0.29) is 0 Å². The molecule has 1 aromatic carbocycles. The Morgan fingerprint density at radius 3 is 2.86 bits per heavy atom. The van der Waals surface area contributed by atoms with Gasteiger partial charge >= 0.3 is 0 Å². The van der Waals surface area contributed by atoms with Crippen LogP contribution in [0.15, 0.2) is 49.1 Å². The van der Waals surface area contributed by atoms with Gasteiger partial charge in [-0.1, -0.05) is 29.8 Å². The van der Waals surface area contributed by atoms with Gasteiger partial charge < -0.3 is 9.88 Å². The highest BCUT2D eigenvalue weighted by Crippen LogP contribution is 2.30. The first kappa shape index (κ1) is 17.0. The van der Waals surface area contributed by atoms with Crippen molar-refractivity contribution in [2.24, 2.45) is 0 Å². The van der Waals surface area contributed by atoms with Crippen LogP contribution in [0.1, 0.15) is 29.7 Å². The van der Waals surface area contributed by atoms with Crippen molar-refractivity contribution in [1.29, 1.82) is 0 Å². The second-order valence-corrected chi connectivity index (χ2v) is 7.49. The molecule has 6 nitrogen and oxygen atoms in total. The Bertz CT molecular complexity index is 1090. The normalized spacial score (nSPS) is 13.2. The molecule has 0 aliphatic heterocycles. The van der Waals surface area contributed by atoms with Crippen molar-refractivity contribution in [2.45, 2.75) is 39.2 Å². The van der Waals surface area contributed by atoms with Crippen LogP contribution in [0.4, 0.5) is 5.82 Å². The van der Waals surface area contributed by atoms with Gasteiger partial charge in [0.2, 0.25) is 0 Å². The summed E-state index contributed by atoms with van der Waals surface area (Å²) in [5.74, 6) is 1.11. The van der Waals surface area contributed by atoms with Crippen molar-refractivity contribution in [2.75, 3.05) is 11.9 Å². The molecule has 4 aromatic rings. The molecule has 0 amide bonds. The molecule has 1 aliphatic carbocycles. The summed E-state index contributed by atoms with van der Waals surface area (Å²) in [6.45, 7) is 3.95. The Morgan fingerprint density at radius 2 is 2.04 bits per heavy atom. The molecular weight excluding hydrogens is 348 g/mol. The van der Waals surface area contributed by atoms with Crippen LogP contribution in [0, 0.1) is 6.92 Å². The fraction of sp³-hybridized carbons (Fsp3) is 0.318. The third-order valence-corrected chi connectivity index (χ3v) is 5.42. The van der Waals surface area contributed by atoms with E-state index in [9.17, 15) is 0 Å². The van der Waals surface area contributed by atoms with Crippen LogP contribution in [-0.4, -0.2) is 30.7 Å². The lowest BCUT2D eigenvalue weighted by atomic mass is 10.1. The van der Waals surface area contributed by atoms with Gasteiger partial charge in [0.1, 0.15) is 5.82 Å². The minimum absolute atomic E-state index is 0.892. The smallest absolute Gasteiger partial charge is 0.158 e. The Kier molecular flexibility index (Phi) is 4.31. The predicted molar refractivity (Wildman–Crippen MR) is 111 cm³/mol. The van der Waals surface area contributed by atoms with E-state index in [0.717, 1.165) is 55.1 Å². The van der Waals surface area contributed by atoms with Crippen molar-refractivity contribution in [3.63, 3.8) is 0 Å². The van der Waals surface area contributed by atoms with Crippen molar-refractivity contribution < 1.29 is 0 Å². The fourth-order valence-corrected chi connectivity index (χ4v) is 3.92. The zero-order valence-electron chi connectivity index (χ0n) is 16.1. The van der Waals surface area contributed by atoms with Gasteiger partial charge in [-0.2, -0.15) is 9.61 Å². The molecule has 1 aliphatic rings. The van der Waals surface area contributed by atoms with Gasteiger partial charge in [-0.15, -0.1) is 0 Å². The van der Waals surface area contributed by atoms with Crippen LogP contribution in [0.3, 0.4) is 0 Å². The zero-order valence-corrected chi connectivity index (χ0v) is 16.1. The second kappa shape index (κ2) is 7.11. The van der Waals surface area contributed by atoms with Crippen molar-refractivity contribution in [3.8, 4) is 11.3 Å². The molecule has 0 unspecified atom stereocenters.